The summed E-state index contributed by atoms with van der Waals surface area (Å²) in [4.78, 5) is 0. The summed E-state index contributed by atoms with van der Waals surface area (Å²) in [6.45, 7) is 0. The Morgan fingerprint density at radius 3 is 2.00 bits per heavy atom. The van der Waals surface area contributed by atoms with Gasteiger partial charge in [0.25, 0.3) is 0 Å². The van der Waals surface area contributed by atoms with Crippen LogP contribution in [0.3, 0.4) is 0 Å². The van der Waals surface area contributed by atoms with Crippen molar-refractivity contribution in [2.24, 2.45) is 0 Å². The zero-order valence-electron chi connectivity index (χ0n) is 13.4. The second kappa shape index (κ2) is 6.53. The van der Waals surface area contributed by atoms with E-state index in [-0.39, 0.29) is 5.75 Å². The van der Waals surface area contributed by atoms with Gasteiger partial charge in [0.05, 0.1) is 11.8 Å². The van der Waals surface area contributed by atoms with Gasteiger partial charge in [-0.1, -0.05) is 60.7 Å². The maximum Gasteiger partial charge on any atom is 0.126 e. The SMILES string of the molecule is Oc1cc(-c2ccccc2)cc(-c2ccccc2)c1-c1ccnnn1. The van der Waals surface area contributed by atoms with Crippen molar-refractivity contribution in [3.8, 4) is 39.3 Å². The molecule has 0 saturated heterocycles. The van der Waals surface area contributed by atoms with Crippen molar-refractivity contribution >= 4 is 0 Å². The fourth-order valence-electron chi connectivity index (χ4n) is 2.91. The summed E-state index contributed by atoms with van der Waals surface area (Å²) in [7, 11) is 0. The number of hydrogen-bond acceptors (Lipinski definition) is 4. The predicted octanol–water partition coefficient (Wildman–Crippen LogP) is 4.58. The third kappa shape index (κ3) is 2.97. The molecule has 0 atom stereocenters. The second-order valence-corrected chi connectivity index (χ2v) is 5.66. The van der Waals surface area contributed by atoms with Crippen LogP contribution in [0.4, 0.5) is 0 Å². The van der Waals surface area contributed by atoms with Crippen LogP contribution in [0.15, 0.2) is 85.1 Å². The standard InChI is InChI=1S/C21H15N3O/c25-20-14-17(15-7-3-1-4-8-15)13-18(16-9-5-2-6-10-16)21(20)19-11-12-22-24-23-19/h1-14,25H. The lowest BCUT2D eigenvalue weighted by molar-refractivity contribution is 0.477. The molecule has 1 aromatic heterocycles. The van der Waals surface area contributed by atoms with E-state index in [0.717, 1.165) is 22.3 Å². The van der Waals surface area contributed by atoms with Gasteiger partial charge < -0.3 is 5.11 Å². The molecule has 4 rings (SSSR count). The van der Waals surface area contributed by atoms with Crippen LogP contribution in [-0.2, 0) is 0 Å². The van der Waals surface area contributed by atoms with Crippen molar-refractivity contribution in [3.05, 3.63) is 85.1 Å². The van der Waals surface area contributed by atoms with Crippen LogP contribution in [-0.4, -0.2) is 20.5 Å². The minimum absolute atomic E-state index is 0.167. The maximum atomic E-state index is 10.8. The molecule has 1 heterocycles. The first-order valence-electron chi connectivity index (χ1n) is 7.95. The third-order valence-corrected chi connectivity index (χ3v) is 4.07. The summed E-state index contributed by atoms with van der Waals surface area (Å²) in [5, 5.41) is 22.3. The number of rotatable bonds is 3. The maximum absolute atomic E-state index is 10.8. The fourth-order valence-corrected chi connectivity index (χ4v) is 2.91. The molecular formula is C21H15N3O. The van der Waals surface area contributed by atoms with Gasteiger partial charge in [-0.3, -0.25) is 0 Å². The van der Waals surface area contributed by atoms with E-state index >= 15 is 0 Å². The molecular weight excluding hydrogens is 310 g/mol. The highest BCUT2D eigenvalue weighted by molar-refractivity contribution is 5.89. The van der Waals surface area contributed by atoms with Gasteiger partial charge in [0.2, 0.25) is 0 Å². The van der Waals surface area contributed by atoms with Crippen LogP contribution in [0.5, 0.6) is 5.75 Å². The number of nitrogens with zero attached hydrogens (tertiary/aromatic N) is 3. The molecule has 0 aliphatic heterocycles. The van der Waals surface area contributed by atoms with Gasteiger partial charge >= 0.3 is 0 Å². The molecule has 0 amide bonds. The summed E-state index contributed by atoms with van der Waals surface area (Å²) in [5.74, 6) is 0.167. The van der Waals surface area contributed by atoms with Gasteiger partial charge in [-0.2, -0.15) is 0 Å². The number of aromatic nitrogens is 3. The van der Waals surface area contributed by atoms with E-state index in [9.17, 15) is 5.11 Å². The van der Waals surface area contributed by atoms with Gasteiger partial charge in [0.15, 0.2) is 0 Å². The molecule has 1 N–H and O–H groups in total. The van der Waals surface area contributed by atoms with Crippen molar-refractivity contribution in [2.45, 2.75) is 0 Å². The molecule has 0 fully saturated rings. The lowest BCUT2D eigenvalue weighted by Crippen LogP contribution is -1.93. The minimum atomic E-state index is 0.167. The first-order chi connectivity index (χ1) is 12.3. The van der Waals surface area contributed by atoms with Crippen LogP contribution in [0.2, 0.25) is 0 Å². The summed E-state index contributed by atoms with van der Waals surface area (Å²) in [6.07, 6.45) is 1.57. The Morgan fingerprint density at radius 2 is 1.36 bits per heavy atom. The van der Waals surface area contributed by atoms with Crippen molar-refractivity contribution in [1.82, 2.24) is 15.4 Å². The molecule has 25 heavy (non-hydrogen) atoms. The highest BCUT2D eigenvalue weighted by Crippen LogP contribution is 2.41. The van der Waals surface area contributed by atoms with Crippen molar-refractivity contribution in [2.75, 3.05) is 0 Å². The predicted molar refractivity (Wildman–Crippen MR) is 97.8 cm³/mol. The smallest absolute Gasteiger partial charge is 0.126 e. The molecule has 120 valence electrons. The van der Waals surface area contributed by atoms with E-state index in [4.69, 9.17) is 0 Å². The van der Waals surface area contributed by atoms with Crippen LogP contribution in [0, 0.1) is 0 Å². The average Bonchev–Trinajstić information content (AvgIpc) is 2.69. The van der Waals surface area contributed by atoms with Crippen LogP contribution < -0.4 is 0 Å². The monoisotopic (exact) mass is 325 g/mol. The fraction of sp³-hybridized carbons (Fsp3) is 0. The molecule has 4 nitrogen and oxygen atoms in total. The number of hydrogen-bond donors (Lipinski definition) is 1. The van der Waals surface area contributed by atoms with Gasteiger partial charge in [-0.15, -0.1) is 10.2 Å². The lowest BCUT2D eigenvalue weighted by atomic mass is 9.92. The molecule has 4 heteroatoms. The molecule has 0 spiro atoms. The number of phenols is 1. The van der Waals surface area contributed by atoms with Gasteiger partial charge in [0.1, 0.15) is 11.4 Å². The summed E-state index contributed by atoms with van der Waals surface area (Å²) < 4.78 is 0. The van der Waals surface area contributed by atoms with Crippen LogP contribution in [0.25, 0.3) is 33.5 Å². The summed E-state index contributed by atoms with van der Waals surface area (Å²) in [6, 6.07) is 25.5. The molecule has 0 unspecified atom stereocenters. The highest BCUT2D eigenvalue weighted by atomic mass is 16.3. The van der Waals surface area contributed by atoms with E-state index in [1.165, 1.54) is 0 Å². The molecule has 0 radical (unpaired) electrons. The normalized spacial score (nSPS) is 10.6. The molecule has 0 aliphatic rings. The number of benzene rings is 3. The molecule has 0 aliphatic carbocycles. The average molecular weight is 325 g/mol. The van der Waals surface area contributed by atoms with E-state index in [1.54, 1.807) is 18.3 Å². The Labute approximate surface area is 145 Å². The Kier molecular flexibility index (Phi) is 3.92. The molecule has 0 bridgehead atoms. The topological polar surface area (TPSA) is 58.9 Å². The third-order valence-electron chi connectivity index (χ3n) is 4.07. The number of phenolic OH excluding ortho intramolecular Hbond substituents is 1. The molecule has 4 aromatic rings. The van der Waals surface area contributed by atoms with E-state index in [2.05, 4.69) is 21.5 Å². The van der Waals surface area contributed by atoms with Crippen molar-refractivity contribution in [3.63, 3.8) is 0 Å². The Bertz CT molecular complexity index is 988. The van der Waals surface area contributed by atoms with E-state index in [0.29, 0.717) is 11.3 Å². The first-order valence-corrected chi connectivity index (χ1v) is 7.95. The lowest BCUT2D eigenvalue weighted by Gasteiger charge is -2.14. The Morgan fingerprint density at radius 1 is 0.680 bits per heavy atom. The van der Waals surface area contributed by atoms with Gasteiger partial charge in [-0.05, 0) is 45.7 Å². The van der Waals surface area contributed by atoms with Crippen molar-refractivity contribution < 1.29 is 5.11 Å². The quantitative estimate of drug-likeness (QED) is 0.599. The number of aromatic hydroxyl groups is 1. The van der Waals surface area contributed by atoms with Crippen LogP contribution in [0.1, 0.15) is 0 Å². The largest absolute Gasteiger partial charge is 0.507 e. The summed E-state index contributed by atoms with van der Waals surface area (Å²) in [5.41, 5.74) is 5.14. The summed E-state index contributed by atoms with van der Waals surface area (Å²) >= 11 is 0. The Hall–Kier alpha value is -3.53. The first kappa shape index (κ1) is 15.0. The second-order valence-electron chi connectivity index (χ2n) is 5.66. The highest BCUT2D eigenvalue weighted by Gasteiger charge is 2.16. The van der Waals surface area contributed by atoms with Crippen molar-refractivity contribution in [1.29, 1.82) is 0 Å². The van der Waals surface area contributed by atoms with E-state index < -0.39 is 0 Å². The zero-order chi connectivity index (χ0) is 17.1. The minimum Gasteiger partial charge on any atom is -0.507 e. The zero-order valence-corrected chi connectivity index (χ0v) is 13.4. The van der Waals surface area contributed by atoms with Crippen LogP contribution >= 0.6 is 0 Å². The van der Waals surface area contributed by atoms with Gasteiger partial charge in [-0.25, -0.2) is 0 Å². The molecule has 0 saturated carbocycles. The van der Waals surface area contributed by atoms with E-state index in [1.807, 2.05) is 60.7 Å². The Balaban J connectivity index is 1.99. The molecule has 3 aromatic carbocycles. The van der Waals surface area contributed by atoms with Gasteiger partial charge in [0, 0.05) is 0 Å².